The lowest BCUT2D eigenvalue weighted by Crippen LogP contribution is -2.45. The van der Waals surface area contributed by atoms with Crippen LogP contribution in [0.3, 0.4) is 0 Å². The van der Waals surface area contributed by atoms with Gasteiger partial charge in [0.1, 0.15) is 5.75 Å². The summed E-state index contributed by atoms with van der Waals surface area (Å²) in [6.07, 6.45) is 3.86. The van der Waals surface area contributed by atoms with E-state index < -0.39 is 11.4 Å². The third-order valence-corrected chi connectivity index (χ3v) is 6.67. The lowest BCUT2D eigenvalue weighted by atomic mass is 9.84. The Balaban J connectivity index is 1.61. The van der Waals surface area contributed by atoms with E-state index >= 15 is 0 Å². The average Bonchev–Trinajstić information content (AvgIpc) is 2.77. The number of hydrogen-bond donors (Lipinski definition) is 2. The highest BCUT2D eigenvalue weighted by atomic mass is 16.4. The monoisotopic (exact) mass is 423 g/mol. The van der Waals surface area contributed by atoms with Gasteiger partial charge in [-0.2, -0.15) is 0 Å². The second kappa shape index (κ2) is 9.65. The first kappa shape index (κ1) is 23.0. The Morgan fingerprint density at radius 2 is 1.61 bits per heavy atom. The zero-order valence-corrected chi connectivity index (χ0v) is 18.7. The van der Waals surface area contributed by atoms with Gasteiger partial charge in [-0.05, 0) is 81.8 Å². The van der Waals surface area contributed by atoms with Crippen molar-refractivity contribution in [2.24, 2.45) is 5.92 Å². The van der Waals surface area contributed by atoms with E-state index in [9.17, 15) is 19.8 Å². The van der Waals surface area contributed by atoms with Crippen molar-refractivity contribution >= 4 is 11.8 Å². The molecule has 0 bridgehead atoms. The van der Waals surface area contributed by atoms with Crippen LogP contribution >= 0.6 is 0 Å². The van der Waals surface area contributed by atoms with Gasteiger partial charge in [0.25, 0.3) is 0 Å². The second-order valence-electron chi connectivity index (χ2n) is 9.15. The summed E-state index contributed by atoms with van der Waals surface area (Å²) in [4.78, 5) is 27.0. The maximum Gasteiger partial charge on any atom is 0.313 e. The minimum Gasteiger partial charge on any atom is -0.508 e. The van der Waals surface area contributed by atoms with Gasteiger partial charge in [-0.25, -0.2) is 0 Å². The Bertz CT molecular complexity index is 894. The smallest absolute Gasteiger partial charge is 0.313 e. The lowest BCUT2D eigenvalue weighted by Gasteiger charge is -2.36. The van der Waals surface area contributed by atoms with Crippen molar-refractivity contribution in [3.8, 4) is 5.75 Å². The van der Waals surface area contributed by atoms with Crippen molar-refractivity contribution in [1.29, 1.82) is 0 Å². The molecule has 1 saturated heterocycles. The molecule has 1 aliphatic heterocycles. The number of benzene rings is 2. The van der Waals surface area contributed by atoms with Gasteiger partial charge in [-0.15, -0.1) is 0 Å². The largest absolute Gasteiger partial charge is 0.508 e. The molecule has 1 aliphatic rings. The fraction of sp³-hybridized carbons (Fsp3) is 0.462. The van der Waals surface area contributed by atoms with E-state index in [0.717, 1.165) is 38.8 Å². The van der Waals surface area contributed by atoms with Gasteiger partial charge in [-0.1, -0.05) is 43.3 Å². The molecule has 0 aliphatic carbocycles. The molecule has 1 fully saturated rings. The molecule has 1 atom stereocenters. The predicted octanol–water partition coefficient (Wildman–Crippen LogP) is 4.67. The number of carboxylic acid groups (broad SMARTS) is 1. The Kier molecular flexibility index (Phi) is 7.16. The minimum atomic E-state index is -0.981. The molecule has 2 aromatic carbocycles. The number of nitrogens with zero attached hydrogens (tertiary/aromatic N) is 1. The minimum absolute atomic E-state index is 0.110. The van der Waals surface area contributed by atoms with Crippen molar-refractivity contribution in [2.75, 3.05) is 13.1 Å². The number of piperidine rings is 1. The number of aliphatic carboxylic acids is 1. The van der Waals surface area contributed by atoms with Gasteiger partial charge < -0.3 is 10.2 Å². The summed E-state index contributed by atoms with van der Waals surface area (Å²) in [5.74, 6) is 0.112. The molecule has 5 nitrogen and oxygen atoms in total. The summed E-state index contributed by atoms with van der Waals surface area (Å²) in [5, 5.41) is 18.9. The first-order valence-electron chi connectivity index (χ1n) is 11.1. The van der Waals surface area contributed by atoms with Gasteiger partial charge in [-0.3, -0.25) is 14.5 Å². The zero-order valence-electron chi connectivity index (χ0n) is 18.7. The molecule has 1 unspecified atom stereocenters. The summed E-state index contributed by atoms with van der Waals surface area (Å²) in [7, 11) is 0. The van der Waals surface area contributed by atoms with Gasteiger partial charge in [0.2, 0.25) is 0 Å². The number of phenols is 1. The van der Waals surface area contributed by atoms with Crippen LogP contribution in [-0.2, 0) is 16.6 Å². The molecule has 0 radical (unpaired) electrons. The van der Waals surface area contributed by atoms with Crippen LogP contribution in [-0.4, -0.2) is 46.0 Å². The van der Waals surface area contributed by atoms with E-state index in [1.807, 2.05) is 19.1 Å². The Morgan fingerprint density at radius 3 is 2.13 bits per heavy atom. The summed E-state index contributed by atoms with van der Waals surface area (Å²) in [5.41, 5.74) is 1.59. The van der Waals surface area contributed by atoms with Gasteiger partial charge in [0.15, 0.2) is 5.78 Å². The summed E-state index contributed by atoms with van der Waals surface area (Å²) in [6, 6.07) is 14.3. The number of phenolic OH excluding ortho intramolecular Hbond substituents is 1. The SMILES string of the molecule is CCC(C(=O)c1ccc(C(C)(C)C(=O)O)cc1)N1CCC(Cc2ccc(O)cc2)CC1. The maximum absolute atomic E-state index is 13.2. The molecule has 166 valence electrons. The standard InChI is InChI=1S/C26H33NO4/c1-4-23(24(29)20-7-9-21(10-8-20)26(2,3)25(30)31)27-15-13-19(14-16-27)17-18-5-11-22(28)12-6-18/h5-12,19,23,28H,4,13-17H2,1-3H3,(H,30,31). The molecular weight excluding hydrogens is 390 g/mol. The molecule has 2 N–H and O–H groups in total. The van der Waals surface area contributed by atoms with Crippen LogP contribution in [0.25, 0.3) is 0 Å². The van der Waals surface area contributed by atoms with E-state index in [0.29, 0.717) is 22.8 Å². The third-order valence-electron chi connectivity index (χ3n) is 6.67. The van der Waals surface area contributed by atoms with Crippen LogP contribution in [0.5, 0.6) is 5.75 Å². The van der Waals surface area contributed by atoms with Crippen molar-refractivity contribution in [1.82, 2.24) is 4.90 Å². The quantitative estimate of drug-likeness (QED) is 0.603. The van der Waals surface area contributed by atoms with Crippen LogP contribution in [0.2, 0.25) is 0 Å². The summed E-state index contributed by atoms with van der Waals surface area (Å²) in [6.45, 7) is 7.19. The number of rotatable bonds is 8. The Morgan fingerprint density at radius 1 is 1.03 bits per heavy atom. The molecule has 0 spiro atoms. The molecular formula is C26H33NO4. The molecule has 5 heteroatoms. The fourth-order valence-corrected chi connectivity index (χ4v) is 4.41. The molecule has 31 heavy (non-hydrogen) atoms. The molecule has 0 aromatic heterocycles. The number of hydrogen-bond acceptors (Lipinski definition) is 4. The Labute approximate surface area is 184 Å². The van der Waals surface area contributed by atoms with Gasteiger partial charge >= 0.3 is 5.97 Å². The van der Waals surface area contributed by atoms with E-state index in [1.54, 1.807) is 50.2 Å². The van der Waals surface area contributed by atoms with E-state index in [4.69, 9.17) is 0 Å². The first-order valence-corrected chi connectivity index (χ1v) is 11.1. The molecule has 1 heterocycles. The number of carboxylic acids is 1. The first-order chi connectivity index (χ1) is 14.7. The van der Waals surface area contributed by atoms with Crippen LogP contribution in [0.15, 0.2) is 48.5 Å². The normalized spacial score (nSPS) is 16.7. The number of carbonyl (C=O) groups excluding carboxylic acids is 1. The van der Waals surface area contributed by atoms with Crippen LogP contribution in [0.1, 0.15) is 61.5 Å². The molecule has 0 amide bonds. The van der Waals surface area contributed by atoms with Crippen LogP contribution in [0, 0.1) is 5.92 Å². The van der Waals surface area contributed by atoms with Crippen molar-refractivity contribution in [3.63, 3.8) is 0 Å². The third kappa shape index (κ3) is 5.34. The molecule has 2 aromatic rings. The van der Waals surface area contributed by atoms with E-state index in [1.165, 1.54) is 5.56 Å². The zero-order chi connectivity index (χ0) is 22.6. The highest BCUT2D eigenvalue weighted by Crippen LogP contribution is 2.27. The van der Waals surface area contributed by atoms with Crippen LogP contribution in [0.4, 0.5) is 0 Å². The molecule has 3 rings (SSSR count). The van der Waals surface area contributed by atoms with E-state index in [-0.39, 0.29) is 11.8 Å². The second-order valence-corrected chi connectivity index (χ2v) is 9.15. The highest BCUT2D eigenvalue weighted by Gasteiger charge is 2.31. The van der Waals surface area contributed by atoms with Crippen molar-refractivity contribution in [3.05, 3.63) is 65.2 Å². The van der Waals surface area contributed by atoms with Crippen molar-refractivity contribution in [2.45, 2.75) is 57.9 Å². The van der Waals surface area contributed by atoms with Crippen molar-refractivity contribution < 1.29 is 19.8 Å². The number of aromatic hydroxyl groups is 1. The maximum atomic E-state index is 13.2. The highest BCUT2D eigenvalue weighted by molar-refractivity contribution is 6.00. The summed E-state index contributed by atoms with van der Waals surface area (Å²) < 4.78 is 0. The topological polar surface area (TPSA) is 77.8 Å². The van der Waals surface area contributed by atoms with Crippen LogP contribution < -0.4 is 0 Å². The fourth-order valence-electron chi connectivity index (χ4n) is 4.41. The number of ketones is 1. The Hall–Kier alpha value is -2.66. The summed E-state index contributed by atoms with van der Waals surface area (Å²) >= 11 is 0. The lowest BCUT2D eigenvalue weighted by molar-refractivity contribution is -0.142. The number of likely N-dealkylation sites (tertiary alicyclic amines) is 1. The number of carbonyl (C=O) groups is 2. The average molecular weight is 424 g/mol. The van der Waals surface area contributed by atoms with Gasteiger partial charge in [0, 0.05) is 5.56 Å². The van der Waals surface area contributed by atoms with Gasteiger partial charge in [0.05, 0.1) is 11.5 Å². The predicted molar refractivity (Wildman–Crippen MR) is 122 cm³/mol. The number of Topliss-reactive ketones (excluding diaryl/α,β-unsaturated/α-hetero) is 1. The van der Waals surface area contributed by atoms with E-state index in [2.05, 4.69) is 4.90 Å². The molecule has 0 saturated carbocycles.